The zero-order valence-corrected chi connectivity index (χ0v) is 8.43. The van der Waals surface area contributed by atoms with Crippen LogP contribution in [0.5, 0.6) is 0 Å². The van der Waals surface area contributed by atoms with Gasteiger partial charge in [0.25, 0.3) is 0 Å². The summed E-state index contributed by atoms with van der Waals surface area (Å²) >= 11 is 0. The van der Waals surface area contributed by atoms with Crippen LogP contribution in [0.25, 0.3) is 0 Å². The molecule has 0 amide bonds. The molecule has 1 heteroatoms. The smallest absolute Gasteiger partial charge is 0.0484 e. The summed E-state index contributed by atoms with van der Waals surface area (Å²) in [6.07, 6.45) is 5.94. The largest absolute Gasteiger partial charge is 0.396 e. The van der Waals surface area contributed by atoms with Gasteiger partial charge >= 0.3 is 0 Å². The van der Waals surface area contributed by atoms with Crippen LogP contribution in [0, 0.1) is 11.3 Å². The van der Waals surface area contributed by atoms with Gasteiger partial charge in [0, 0.05) is 6.61 Å². The van der Waals surface area contributed by atoms with Gasteiger partial charge in [0.2, 0.25) is 0 Å². The Morgan fingerprint density at radius 1 is 1.58 bits per heavy atom. The average Bonchev–Trinajstić information content (AvgIpc) is 2.05. The molecule has 0 spiro atoms. The fraction of sp³-hybridized carbons (Fsp3) is 0.818. The van der Waals surface area contributed by atoms with E-state index in [0.717, 1.165) is 6.42 Å². The lowest BCUT2D eigenvalue weighted by atomic mass is 9.72. The molecule has 1 unspecified atom stereocenters. The molecule has 1 N–H and O–H groups in total. The Labute approximate surface area is 75.5 Å². The molecule has 70 valence electrons. The predicted molar refractivity (Wildman–Crippen MR) is 52.0 cm³/mol. The maximum absolute atomic E-state index is 9.19. The van der Waals surface area contributed by atoms with Crippen molar-refractivity contribution < 1.29 is 5.11 Å². The summed E-state index contributed by atoms with van der Waals surface area (Å²) in [5.74, 6) is 0.672. The van der Waals surface area contributed by atoms with Crippen LogP contribution < -0.4 is 0 Å². The molecule has 1 aliphatic carbocycles. The summed E-state index contributed by atoms with van der Waals surface area (Å²) < 4.78 is 0. The topological polar surface area (TPSA) is 20.2 Å². The van der Waals surface area contributed by atoms with Crippen molar-refractivity contribution in [3.8, 4) is 0 Å². The third kappa shape index (κ3) is 2.10. The highest BCUT2D eigenvalue weighted by Gasteiger charge is 2.29. The molecule has 12 heavy (non-hydrogen) atoms. The van der Waals surface area contributed by atoms with Gasteiger partial charge in [-0.1, -0.05) is 25.5 Å². The fourth-order valence-electron chi connectivity index (χ4n) is 1.80. The Kier molecular flexibility index (Phi) is 2.94. The maximum atomic E-state index is 9.19. The van der Waals surface area contributed by atoms with E-state index in [4.69, 9.17) is 0 Å². The van der Waals surface area contributed by atoms with Crippen LogP contribution in [0.1, 0.15) is 40.0 Å². The minimum atomic E-state index is 0.108. The zero-order chi connectivity index (χ0) is 9.19. The van der Waals surface area contributed by atoms with Gasteiger partial charge in [-0.3, -0.25) is 0 Å². The number of allylic oxidation sites excluding steroid dienone is 2. The second-order valence-corrected chi connectivity index (χ2v) is 4.67. The molecule has 0 aromatic rings. The van der Waals surface area contributed by atoms with Crippen LogP contribution in [0.2, 0.25) is 0 Å². The highest BCUT2D eigenvalue weighted by molar-refractivity contribution is 5.04. The van der Waals surface area contributed by atoms with Crippen molar-refractivity contribution in [2.24, 2.45) is 11.3 Å². The first-order valence-corrected chi connectivity index (χ1v) is 4.83. The summed E-state index contributed by atoms with van der Waals surface area (Å²) in [4.78, 5) is 0. The molecule has 1 aliphatic rings. The van der Waals surface area contributed by atoms with Crippen molar-refractivity contribution in [1.82, 2.24) is 0 Å². The second-order valence-electron chi connectivity index (χ2n) is 4.67. The van der Waals surface area contributed by atoms with Gasteiger partial charge < -0.3 is 5.11 Å². The highest BCUT2D eigenvalue weighted by atomic mass is 16.3. The number of hydrogen-bond acceptors (Lipinski definition) is 1. The molecule has 0 radical (unpaired) electrons. The first kappa shape index (κ1) is 9.79. The van der Waals surface area contributed by atoms with Crippen molar-refractivity contribution in [3.63, 3.8) is 0 Å². The lowest BCUT2D eigenvalue weighted by Crippen LogP contribution is -2.28. The van der Waals surface area contributed by atoms with Crippen molar-refractivity contribution in [2.75, 3.05) is 6.61 Å². The second kappa shape index (κ2) is 3.61. The normalized spacial score (nSPS) is 25.3. The van der Waals surface area contributed by atoms with E-state index >= 15 is 0 Å². The Balaban J connectivity index is 2.56. The van der Waals surface area contributed by atoms with Crippen molar-refractivity contribution in [2.45, 2.75) is 40.0 Å². The van der Waals surface area contributed by atoms with Gasteiger partial charge in [-0.15, -0.1) is 0 Å². The molecule has 0 saturated heterocycles. The molecule has 0 aliphatic heterocycles. The molecule has 0 heterocycles. The van der Waals surface area contributed by atoms with E-state index in [0.29, 0.717) is 12.5 Å². The highest BCUT2D eigenvalue weighted by Crippen LogP contribution is 2.36. The van der Waals surface area contributed by atoms with Gasteiger partial charge in [-0.2, -0.15) is 0 Å². The van der Waals surface area contributed by atoms with Gasteiger partial charge in [0.15, 0.2) is 0 Å². The molecular formula is C11H20O. The molecule has 1 atom stereocenters. The van der Waals surface area contributed by atoms with E-state index in [2.05, 4.69) is 26.8 Å². The van der Waals surface area contributed by atoms with Crippen LogP contribution >= 0.6 is 0 Å². The predicted octanol–water partition coefficient (Wildman–Crippen LogP) is 2.75. The standard InChI is InChI=1S/C11H20O/c1-9-4-6-10(7-5-9)11(2,3)8-12/h4,10,12H,5-8H2,1-3H3. The van der Waals surface area contributed by atoms with Crippen molar-refractivity contribution in [3.05, 3.63) is 11.6 Å². The fourth-order valence-corrected chi connectivity index (χ4v) is 1.80. The summed E-state index contributed by atoms with van der Waals surface area (Å²) in [5.41, 5.74) is 1.62. The first-order chi connectivity index (χ1) is 5.56. The Morgan fingerprint density at radius 2 is 2.25 bits per heavy atom. The SMILES string of the molecule is CC1=CCC(C(C)(C)CO)CC1. The van der Waals surface area contributed by atoms with E-state index < -0.39 is 0 Å². The summed E-state index contributed by atoms with van der Waals surface area (Å²) in [7, 11) is 0. The van der Waals surface area contributed by atoms with Gasteiger partial charge in [0.05, 0.1) is 0 Å². The molecule has 0 saturated carbocycles. The van der Waals surface area contributed by atoms with E-state index in [9.17, 15) is 5.11 Å². The average molecular weight is 168 g/mol. The molecular weight excluding hydrogens is 148 g/mol. The molecule has 1 nitrogen and oxygen atoms in total. The summed E-state index contributed by atoms with van der Waals surface area (Å²) in [6, 6.07) is 0. The van der Waals surface area contributed by atoms with E-state index in [1.165, 1.54) is 18.4 Å². The van der Waals surface area contributed by atoms with Crippen LogP contribution in [0.3, 0.4) is 0 Å². The van der Waals surface area contributed by atoms with Gasteiger partial charge in [-0.25, -0.2) is 0 Å². The molecule has 0 bridgehead atoms. The van der Waals surface area contributed by atoms with E-state index in [1.807, 2.05) is 0 Å². The van der Waals surface area contributed by atoms with Crippen molar-refractivity contribution >= 4 is 0 Å². The van der Waals surface area contributed by atoms with Crippen LogP contribution in [-0.2, 0) is 0 Å². The van der Waals surface area contributed by atoms with Crippen LogP contribution in [0.15, 0.2) is 11.6 Å². The van der Waals surface area contributed by atoms with E-state index in [1.54, 1.807) is 0 Å². The quantitative estimate of drug-likeness (QED) is 0.629. The number of hydrogen-bond donors (Lipinski definition) is 1. The number of rotatable bonds is 2. The molecule has 0 aromatic heterocycles. The zero-order valence-electron chi connectivity index (χ0n) is 8.43. The van der Waals surface area contributed by atoms with Gasteiger partial charge in [0.1, 0.15) is 0 Å². The molecule has 0 fully saturated rings. The Bertz CT molecular complexity index is 179. The minimum absolute atomic E-state index is 0.108. The number of aliphatic hydroxyl groups excluding tert-OH is 1. The summed E-state index contributed by atoms with van der Waals surface area (Å²) in [6.45, 7) is 6.82. The number of aliphatic hydroxyl groups is 1. The lowest BCUT2D eigenvalue weighted by molar-refractivity contribution is 0.0895. The monoisotopic (exact) mass is 168 g/mol. The van der Waals surface area contributed by atoms with Gasteiger partial charge in [-0.05, 0) is 37.5 Å². The first-order valence-electron chi connectivity index (χ1n) is 4.83. The third-order valence-corrected chi connectivity index (χ3v) is 3.15. The minimum Gasteiger partial charge on any atom is -0.396 e. The van der Waals surface area contributed by atoms with Crippen molar-refractivity contribution in [1.29, 1.82) is 0 Å². The maximum Gasteiger partial charge on any atom is 0.0484 e. The third-order valence-electron chi connectivity index (χ3n) is 3.15. The van der Waals surface area contributed by atoms with E-state index in [-0.39, 0.29) is 5.41 Å². The Hall–Kier alpha value is -0.300. The lowest BCUT2D eigenvalue weighted by Gasteiger charge is -2.34. The molecule has 1 rings (SSSR count). The molecule has 0 aromatic carbocycles. The Morgan fingerprint density at radius 3 is 2.67 bits per heavy atom. The van der Waals surface area contributed by atoms with Crippen LogP contribution in [-0.4, -0.2) is 11.7 Å². The summed E-state index contributed by atoms with van der Waals surface area (Å²) in [5, 5.41) is 9.19. The van der Waals surface area contributed by atoms with Crippen LogP contribution in [0.4, 0.5) is 0 Å².